The summed E-state index contributed by atoms with van der Waals surface area (Å²) in [5.74, 6) is 0.387. The molecule has 1 aromatic rings. The van der Waals surface area contributed by atoms with Crippen molar-refractivity contribution in [3.05, 3.63) is 21.6 Å². The number of rotatable bonds is 7. The van der Waals surface area contributed by atoms with E-state index in [0.29, 0.717) is 31.1 Å². The van der Waals surface area contributed by atoms with Crippen LogP contribution in [0, 0.1) is 5.92 Å². The van der Waals surface area contributed by atoms with Crippen LogP contribution in [-0.2, 0) is 6.54 Å². The highest BCUT2D eigenvalue weighted by atomic mass is 35.5. The van der Waals surface area contributed by atoms with Gasteiger partial charge >= 0.3 is 0 Å². The predicted molar refractivity (Wildman–Crippen MR) is 82.4 cm³/mol. The van der Waals surface area contributed by atoms with Gasteiger partial charge in [0, 0.05) is 13.1 Å². The van der Waals surface area contributed by atoms with Gasteiger partial charge < -0.3 is 10.4 Å². The Hall–Kier alpha value is -1.07. The van der Waals surface area contributed by atoms with E-state index in [2.05, 4.69) is 24.3 Å². The first-order chi connectivity index (χ1) is 9.26. The van der Waals surface area contributed by atoms with Gasteiger partial charge in [0.2, 0.25) is 0 Å². The van der Waals surface area contributed by atoms with Crippen molar-refractivity contribution in [3.8, 4) is 0 Å². The molecule has 0 aliphatic heterocycles. The molecule has 0 spiro atoms. The van der Waals surface area contributed by atoms with Crippen molar-refractivity contribution < 1.29 is 5.11 Å². The Morgan fingerprint density at radius 2 is 2.20 bits per heavy atom. The largest absolute Gasteiger partial charge is 0.388 e. The zero-order chi connectivity index (χ0) is 15.3. The average Bonchev–Trinajstić information content (AvgIpc) is 2.33. The molecule has 1 unspecified atom stereocenters. The maximum absolute atomic E-state index is 11.9. The molecule has 0 fully saturated rings. The highest BCUT2D eigenvalue weighted by molar-refractivity contribution is 6.32. The van der Waals surface area contributed by atoms with Crippen molar-refractivity contribution in [1.29, 1.82) is 0 Å². The fraction of sp³-hybridized carbons (Fsp3) is 0.714. The minimum atomic E-state index is -0.851. The van der Waals surface area contributed by atoms with Gasteiger partial charge in [-0.3, -0.25) is 4.79 Å². The van der Waals surface area contributed by atoms with Gasteiger partial charge in [0.05, 0.1) is 17.5 Å². The fourth-order valence-electron chi connectivity index (χ4n) is 2.20. The zero-order valence-electron chi connectivity index (χ0n) is 12.6. The molecule has 0 aliphatic rings. The number of nitrogens with zero attached hydrogens (tertiary/aromatic N) is 2. The normalized spacial score (nSPS) is 14.3. The molecule has 0 radical (unpaired) electrons. The van der Waals surface area contributed by atoms with E-state index in [9.17, 15) is 9.90 Å². The van der Waals surface area contributed by atoms with Crippen LogP contribution in [-0.4, -0.2) is 27.0 Å². The topological polar surface area (TPSA) is 67.2 Å². The van der Waals surface area contributed by atoms with Crippen LogP contribution in [0.1, 0.15) is 40.5 Å². The Bertz CT molecular complexity index is 498. The van der Waals surface area contributed by atoms with Gasteiger partial charge in [-0.25, -0.2) is 4.68 Å². The molecule has 20 heavy (non-hydrogen) atoms. The van der Waals surface area contributed by atoms with Crippen LogP contribution in [0.15, 0.2) is 11.0 Å². The van der Waals surface area contributed by atoms with Crippen LogP contribution in [0.25, 0.3) is 0 Å². The molecule has 0 aromatic carbocycles. The number of aromatic nitrogens is 2. The first-order valence-electron chi connectivity index (χ1n) is 6.98. The Kier molecular flexibility index (Phi) is 6.02. The van der Waals surface area contributed by atoms with Crippen molar-refractivity contribution >= 4 is 17.3 Å². The smallest absolute Gasteiger partial charge is 0.287 e. The number of halogens is 1. The molecule has 0 bridgehead atoms. The second-order valence-electron chi connectivity index (χ2n) is 5.85. The quantitative estimate of drug-likeness (QED) is 0.812. The molecule has 0 amide bonds. The van der Waals surface area contributed by atoms with Gasteiger partial charge in [0.1, 0.15) is 5.02 Å². The third-order valence-electron chi connectivity index (χ3n) is 2.93. The Morgan fingerprint density at radius 3 is 2.75 bits per heavy atom. The predicted octanol–water partition coefficient (Wildman–Crippen LogP) is 2.52. The summed E-state index contributed by atoms with van der Waals surface area (Å²) in [7, 11) is 0. The van der Waals surface area contributed by atoms with Gasteiger partial charge in [-0.05, 0) is 25.7 Å². The van der Waals surface area contributed by atoms with Crippen molar-refractivity contribution in [3.63, 3.8) is 0 Å². The van der Waals surface area contributed by atoms with Crippen molar-refractivity contribution in [2.75, 3.05) is 11.9 Å². The molecule has 1 heterocycles. The molecular formula is C14H24ClN3O2. The van der Waals surface area contributed by atoms with Crippen LogP contribution < -0.4 is 10.9 Å². The molecule has 0 saturated heterocycles. The molecule has 6 heteroatoms. The van der Waals surface area contributed by atoms with Gasteiger partial charge in [0.15, 0.2) is 0 Å². The van der Waals surface area contributed by atoms with Gasteiger partial charge in [-0.1, -0.05) is 32.4 Å². The highest BCUT2D eigenvalue weighted by Gasteiger charge is 2.22. The van der Waals surface area contributed by atoms with E-state index in [1.165, 1.54) is 10.9 Å². The monoisotopic (exact) mass is 301 g/mol. The van der Waals surface area contributed by atoms with Crippen LogP contribution in [0.4, 0.5) is 5.69 Å². The number of aliphatic hydroxyl groups is 1. The summed E-state index contributed by atoms with van der Waals surface area (Å²) >= 11 is 6.05. The maximum Gasteiger partial charge on any atom is 0.287 e. The van der Waals surface area contributed by atoms with Crippen LogP contribution in [0.5, 0.6) is 0 Å². The van der Waals surface area contributed by atoms with Gasteiger partial charge in [-0.2, -0.15) is 5.10 Å². The molecule has 1 rings (SSSR count). The molecule has 5 nitrogen and oxygen atoms in total. The average molecular weight is 302 g/mol. The summed E-state index contributed by atoms with van der Waals surface area (Å²) in [6.45, 7) is 8.70. The summed E-state index contributed by atoms with van der Waals surface area (Å²) in [4.78, 5) is 11.9. The first-order valence-corrected chi connectivity index (χ1v) is 7.36. The Labute approximate surface area is 125 Å². The number of nitrogens with one attached hydrogen (secondary N) is 1. The lowest BCUT2D eigenvalue weighted by molar-refractivity contribution is 0.0515. The van der Waals surface area contributed by atoms with E-state index < -0.39 is 5.60 Å². The second-order valence-corrected chi connectivity index (χ2v) is 6.23. The standard InChI is InChI=1S/C14H24ClN3O2/c1-5-6-18-13(19)12(15)11(8-17-18)16-9-14(4,20)7-10(2)3/h8,10,16,20H,5-7,9H2,1-4H3. The van der Waals surface area contributed by atoms with Crippen molar-refractivity contribution in [1.82, 2.24) is 9.78 Å². The van der Waals surface area contributed by atoms with E-state index >= 15 is 0 Å². The SMILES string of the molecule is CCCn1ncc(NCC(C)(O)CC(C)C)c(Cl)c1=O. The first kappa shape index (κ1) is 17.0. The second kappa shape index (κ2) is 7.09. The molecular weight excluding hydrogens is 278 g/mol. The summed E-state index contributed by atoms with van der Waals surface area (Å²) in [6, 6.07) is 0. The zero-order valence-corrected chi connectivity index (χ0v) is 13.4. The van der Waals surface area contributed by atoms with E-state index in [-0.39, 0.29) is 10.6 Å². The van der Waals surface area contributed by atoms with Crippen LogP contribution in [0.2, 0.25) is 5.02 Å². The fourth-order valence-corrected chi connectivity index (χ4v) is 2.41. The van der Waals surface area contributed by atoms with Gasteiger partial charge in [0.25, 0.3) is 5.56 Å². The van der Waals surface area contributed by atoms with E-state index in [0.717, 1.165) is 6.42 Å². The summed E-state index contributed by atoms with van der Waals surface area (Å²) in [6.07, 6.45) is 3.02. The van der Waals surface area contributed by atoms with Crippen molar-refractivity contribution in [2.45, 2.75) is 52.7 Å². The lowest BCUT2D eigenvalue weighted by Crippen LogP contribution is -2.35. The minimum Gasteiger partial charge on any atom is -0.388 e. The summed E-state index contributed by atoms with van der Waals surface area (Å²) < 4.78 is 1.35. The Balaban J connectivity index is 2.79. The van der Waals surface area contributed by atoms with E-state index in [1.54, 1.807) is 6.92 Å². The number of anilines is 1. The van der Waals surface area contributed by atoms with Gasteiger partial charge in [-0.15, -0.1) is 0 Å². The number of aryl methyl sites for hydroxylation is 1. The van der Waals surface area contributed by atoms with Crippen molar-refractivity contribution in [2.24, 2.45) is 5.92 Å². The number of hydrogen-bond donors (Lipinski definition) is 2. The lowest BCUT2D eigenvalue weighted by atomic mass is 9.94. The molecule has 1 aromatic heterocycles. The summed E-state index contributed by atoms with van der Waals surface area (Å²) in [5, 5.41) is 17.4. The molecule has 2 N–H and O–H groups in total. The maximum atomic E-state index is 11.9. The highest BCUT2D eigenvalue weighted by Crippen LogP contribution is 2.20. The van der Waals surface area contributed by atoms with E-state index in [1.807, 2.05) is 6.92 Å². The van der Waals surface area contributed by atoms with Crippen LogP contribution >= 0.6 is 11.6 Å². The van der Waals surface area contributed by atoms with E-state index in [4.69, 9.17) is 11.6 Å². The number of hydrogen-bond acceptors (Lipinski definition) is 4. The molecule has 114 valence electrons. The Morgan fingerprint density at radius 1 is 1.55 bits per heavy atom. The third kappa shape index (κ3) is 4.80. The molecule has 0 aliphatic carbocycles. The lowest BCUT2D eigenvalue weighted by Gasteiger charge is -2.26. The third-order valence-corrected chi connectivity index (χ3v) is 3.29. The summed E-state index contributed by atoms with van der Waals surface area (Å²) in [5.41, 5.74) is -0.689. The van der Waals surface area contributed by atoms with Crippen LogP contribution in [0.3, 0.4) is 0 Å². The molecule has 1 atom stereocenters. The minimum absolute atomic E-state index is 0.119. The molecule has 0 saturated carbocycles.